The molecule has 0 spiro atoms. The molecule has 0 amide bonds. The van der Waals surface area contributed by atoms with Gasteiger partial charge in [-0.05, 0) is 12.1 Å². The molecule has 2 aromatic rings. The molecule has 2 N–H and O–H groups in total. The second-order valence-electron chi connectivity index (χ2n) is 5.04. The molecule has 9 heteroatoms. The number of aliphatic imine (C=N–C) groups is 1. The van der Waals surface area contributed by atoms with E-state index in [-0.39, 0.29) is 17.1 Å². The average Bonchev–Trinajstić information content (AvgIpc) is 2.85. The van der Waals surface area contributed by atoms with Gasteiger partial charge in [-0.2, -0.15) is 5.48 Å². The minimum atomic E-state index is -0.752. The van der Waals surface area contributed by atoms with E-state index in [9.17, 15) is 20.1 Å². The summed E-state index contributed by atoms with van der Waals surface area (Å²) in [5.41, 5.74) is 3.18. The molecule has 4 rings (SSSR count). The summed E-state index contributed by atoms with van der Waals surface area (Å²) >= 11 is 0. The lowest BCUT2D eigenvalue weighted by molar-refractivity contribution is -0.384. The normalized spacial score (nSPS) is 18.1. The van der Waals surface area contributed by atoms with Crippen LogP contribution in [0.25, 0.3) is 0 Å². The Morgan fingerprint density at radius 3 is 2.91 bits per heavy atom. The molecule has 0 aliphatic carbocycles. The highest BCUT2D eigenvalue weighted by molar-refractivity contribution is 6.55. The first-order chi connectivity index (χ1) is 11.1. The van der Waals surface area contributed by atoms with Crippen LogP contribution in [0.15, 0.2) is 41.5 Å². The third-order valence-electron chi connectivity index (χ3n) is 3.83. The molecule has 0 bridgehead atoms. The molecule has 1 unspecified atom stereocenters. The predicted octanol–water partition coefficient (Wildman–Crippen LogP) is 1.71. The van der Waals surface area contributed by atoms with Gasteiger partial charge in [0, 0.05) is 23.9 Å². The lowest BCUT2D eigenvalue weighted by Crippen LogP contribution is -2.42. The summed E-state index contributed by atoms with van der Waals surface area (Å²) in [5, 5.41) is 20.5. The highest BCUT2D eigenvalue weighted by atomic mass is 16.6. The summed E-state index contributed by atoms with van der Waals surface area (Å²) in [7, 11) is 0. The van der Waals surface area contributed by atoms with Crippen molar-refractivity contribution in [3.8, 4) is 0 Å². The molecule has 114 valence electrons. The van der Waals surface area contributed by atoms with Crippen molar-refractivity contribution in [1.29, 1.82) is 0 Å². The number of hydrogen-bond donors (Lipinski definition) is 2. The fraction of sp³-hybridized carbons (Fsp3) is 0.0714. The molecule has 1 atom stereocenters. The number of fused-ring (bicyclic) bond motifs is 4. The van der Waals surface area contributed by atoms with Gasteiger partial charge in [-0.1, -0.05) is 6.07 Å². The number of nitro benzene ring substituents is 1. The third-order valence-corrected chi connectivity index (χ3v) is 3.83. The first kappa shape index (κ1) is 13.5. The number of Topliss-reactive ketones (excluding diaryl/α,β-unsaturated/α-hetero) is 1. The zero-order valence-electron chi connectivity index (χ0n) is 11.5. The molecular formula is C14H9N5O4. The van der Waals surface area contributed by atoms with E-state index in [0.717, 1.165) is 0 Å². The average molecular weight is 311 g/mol. The number of nitrogens with zero attached hydrogens (tertiary/aromatic N) is 4. The maximum Gasteiger partial charge on any atom is 0.270 e. The summed E-state index contributed by atoms with van der Waals surface area (Å²) < 4.78 is 0. The molecule has 0 saturated heterocycles. The summed E-state index contributed by atoms with van der Waals surface area (Å²) in [6.45, 7) is 0. The number of benzene rings is 1. The highest BCUT2D eigenvalue weighted by Crippen LogP contribution is 2.42. The zero-order valence-corrected chi connectivity index (χ0v) is 11.5. The smallest absolute Gasteiger partial charge is 0.270 e. The van der Waals surface area contributed by atoms with E-state index >= 15 is 0 Å². The van der Waals surface area contributed by atoms with Crippen LogP contribution in [0.2, 0.25) is 0 Å². The van der Waals surface area contributed by atoms with Crippen molar-refractivity contribution in [2.75, 3.05) is 4.90 Å². The Kier molecular flexibility index (Phi) is 2.73. The maximum absolute atomic E-state index is 12.5. The number of non-ortho nitro benzene ring substituents is 1. The molecule has 0 fully saturated rings. The number of rotatable bonds is 2. The van der Waals surface area contributed by atoms with E-state index < -0.39 is 16.9 Å². The number of pyridine rings is 1. The van der Waals surface area contributed by atoms with Crippen LogP contribution in [0.3, 0.4) is 0 Å². The summed E-state index contributed by atoms with van der Waals surface area (Å²) in [4.78, 5) is 32.7. The van der Waals surface area contributed by atoms with E-state index in [4.69, 9.17) is 0 Å². The van der Waals surface area contributed by atoms with E-state index in [1.807, 2.05) is 0 Å². The molecule has 0 radical (unpaired) electrons. The summed E-state index contributed by atoms with van der Waals surface area (Å²) in [6.07, 6.45) is 0.780. The van der Waals surface area contributed by atoms with Gasteiger partial charge in [0.25, 0.3) is 5.69 Å². The monoisotopic (exact) mass is 311 g/mol. The fourth-order valence-corrected chi connectivity index (χ4v) is 2.82. The Morgan fingerprint density at radius 1 is 1.35 bits per heavy atom. The molecule has 23 heavy (non-hydrogen) atoms. The van der Waals surface area contributed by atoms with Crippen molar-refractivity contribution >= 4 is 28.8 Å². The number of nitrogens with one attached hydrogen (secondary N) is 1. The van der Waals surface area contributed by atoms with E-state index in [1.54, 1.807) is 12.1 Å². The van der Waals surface area contributed by atoms with Gasteiger partial charge in [0.15, 0.2) is 11.7 Å². The second kappa shape index (κ2) is 4.66. The van der Waals surface area contributed by atoms with Gasteiger partial charge in [0.1, 0.15) is 6.17 Å². The molecule has 1 aromatic heterocycles. The van der Waals surface area contributed by atoms with Crippen molar-refractivity contribution in [1.82, 2.24) is 10.5 Å². The molecule has 2 aliphatic heterocycles. The van der Waals surface area contributed by atoms with Crippen LogP contribution < -0.4 is 10.4 Å². The lowest BCUT2D eigenvalue weighted by Gasteiger charge is -2.32. The largest absolute Gasteiger partial charge is 0.314 e. The van der Waals surface area contributed by atoms with Gasteiger partial charge in [-0.25, -0.2) is 9.98 Å². The molecule has 2 aliphatic rings. The third kappa shape index (κ3) is 1.77. The summed E-state index contributed by atoms with van der Waals surface area (Å²) in [5.74, 6) is -0.0561. The van der Waals surface area contributed by atoms with Gasteiger partial charge in [-0.3, -0.25) is 19.8 Å². The first-order valence-corrected chi connectivity index (χ1v) is 6.67. The van der Waals surface area contributed by atoms with Crippen LogP contribution in [0.1, 0.15) is 22.1 Å². The topological polar surface area (TPSA) is 121 Å². The minimum absolute atomic E-state index is 0.0678. The van der Waals surface area contributed by atoms with Crippen LogP contribution in [0.5, 0.6) is 0 Å². The Balaban J connectivity index is 1.94. The number of ketones is 1. The molecule has 0 saturated carbocycles. The summed E-state index contributed by atoms with van der Waals surface area (Å²) in [6, 6.07) is 7.41. The molecular weight excluding hydrogens is 302 g/mol. The van der Waals surface area contributed by atoms with Crippen molar-refractivity contribution in [2.45, 2.75) is 6.17 Å². The van der Waals surface area contributed by atoms with Crippen LogP contribution in [0, 0.1) is 10.1 Å². The van der Waals surface area contributed by atoms with Crippen molar-refractivity contribution in [2.24, 2.45) is 4.99 Å². The van der Waals surface area contributed by atoms with Crippen LogP contribution in [-0.2, 0) is 0 Å². The number of carbonyl (C=O) groups is 1. The number of nitro groups is 1. The molecule has 3 heterocycles. The van der Waals surface area contributed by atoms with Crippen LogP contribution >= 0.6 is 0 Å². The first-order valence-electron chi connectivity index (χ1n) is 6.67. The van der Waals surface area contributed by atoms with Crippen LogP contribution in [0.4, 0.5) is 17.2 Å². The van der Waals surface area contributed by atoms with Crippen molar-refractivity contribution in [3.05, 3.63) is 57.8 Å². The number of hydroxylamine groups is 1. The predicted molar refractivity (Wildman–Crippen MR) is 78.9 cm³/mol. The number of hydrogen-bond acceptors (Lipinski definition) is 8. The Bertz CT molecular complexity index is 894. The Morgan fingerprint density at radius 2 is 2.17 bits per heavy atom. The lowest BCUT2D eigenvalue weighted by atomic mass is 10.1. The van der Waals surface area contributed by atoms with Gasteiger partial charge >= 0.3 is 0 Å². The SMILES string of the molecule is O=C1C2=Nc3ncccc3C(NO)N2c2ccc([N+](=O)[O-])cc21. The number of amidine groups is 1. The minimum Gasteiger partial charge on any atom is -0.314 e. The number of aromatic nitrogens is 1. The van der Waals surface area contributed by atoms with Gasteiger partial charge < -0.3 is 5.21 Å². The van der Waals surface area contributed by atoms with Gasteiger partial charge in [0.2, 0.25) is 5.78 Å². The molecule has 1 aromatic carbocycles. The van der Waals surface area contributed by atoms with E-state index in [1.165, 1.54) is 29.3 Å². The van der Waals surface area contributed by atoms with Gasteiger partial charge in [0.05, 0.1) is 16.2 Å². The molecule has 9 nitrogen and oxygen atoms in total. The Labute approximate surface area is 129 Å². The highest BCUT2D eigenvalue weighted by Gasteiger charge is 2.43. The fourth-order valence-electron chi connectivity index (χ4n) is 2.82. The van der Waals surface area contributed by atoms with Gasteiger partial charge in [-0.15, -0.1) is 0 Å². The second-order valence-corrected chi connectivity index (χ2v) is 5.04. The number of carbonyl (C=O) groups excluding carboxylic acids is 1. The van der Waals surface area contributed by atoms with E-state index in [2.05, 4.69) is 15.5 Å². The van der Waals surface area contributed by atoms with Crippen molar-refractivity contribution in [3.63, 3.8) is 0 Å². The van der Waals surface area contributed by atoms with E-state index in [0.29, 0.717) is 17.1 Å². The number of anilines is 1. The van der Waals surface area contributed by atoms with Crippen LogP contribution in [-0.4, -0.2) is 26.7 Å². The maximum atomic E-state index is 12.5. The Hall–Kier alpha value is -3.17. The quantitative estimate of drug-likeness (QED) is 0.639. The standard InChI is InChI=1S/C14H9N5O4/c20-11-9-6-7(19(22)23)3-4-10(9)18-13(17-21)8-2-1-5-15-12(8)16-14(11)18/h1-6,13,17,21H. The van der Waals surface area contributed by atoms with Crippen molar-refractivity contribution < 1.29 is 14.9 Å². The zero-order chi connectivity index (χ0) is 16.1.